The summed E-state index contributed by atoms with van der Waals surface area (Å²) in [5.41, 5.74) is 5.47. The van der Waals surface area contributed by atoms with Crippen molar-refractivity contribution in [2.45, 2.75) is 63.8 Å². The Bertz CT molecular complexity index is 424. The molecular weight excluding hydrogens is 274 g/mol. The number of hydrogen-bond donors (Lipinski definition) is 2. The molecule has 20 heavy (non-hydrogen) atoms. The highest BCUT2D eigenvalue weighted by Crippen LogP contribution is 2.29. The SMILES string of the molecule is N=C(N)CN(C1CCCC1)S(=O)(=O)CC1CCCCC1. The fourth-order valence-electron chi connectivity index (χ4n) is 3.56. The predicted octanol–water partition coefficient (Wildman–Crippen LogP) is 2.08. The maximum absolute atomic E-state index is 12.7. The molecule has 2 aliphatic carbocycles. The summed E-state index contributed by atoms with van der Waals surface area (Å²) in [5.74, 6) is 0.491. The first-order valence-electron chi connectivity index (χ1n) is 7.81. The number of rotatable bonds is 6. The van der Waals surface area contributed by atoms with Gasteiger partial charge >= 0.3 is 0 Å². The topological polar surface area (TPSA) is 87.2 Å². The van der Waals surface area contributed by atoms with E-state index >= 15 is 0 Å². The highest BCUT2D eigenvalue weighted by atomic mass is 32.2. The molecule has 0 amide bonds. The van der Waals surface area contributed by atoms with Crippen molar-refractivity contribution in [3.63, 3.8) is 0 Å². The molecule has 6 heteroatoms. The molecule has 0 atom stereocenters. The van der Waals surface area contributed by atoms with E-state index in [1.54, 1.807) is 0 Å². The van der Waals surface area contributed by atoms with Crippen molar-refractivity contribution >= 4 is 15.9 Å². The van der Waals surface area contributed by atoms with E-state index in [-0.39, 0.29) is 24.2 Å². The normalized spacial score (nSPS) is 22.4. The molecule has 0 aromatic carbocycles. The van der Waals surface area contributed by atoms with Crippen LogP contribution in [0.3, 0.4) is 0 Å². The van der Waals surface area contributed by atoms with Crippen LogP contribution in [0.1, 0.15) is 57.8 Å². The number of sulfonamides is 1. The molecule has 3 N–H and O–H groups in total. The van der Waals surface area contributed by atoms with Crippen LogP contribution < -0.4 is 5.73 Å². The van der Waals surface area contributed by atoms with E-state index in [4.69, 9.17) is 11.1 Å². The zero-order valence-corrected chi connectivity index (χ0v) is 13.0. The highest BCUT2D eigenvalue weighted by Gasteiger charge is 2.34. The molecule has 2 fully saturated rings. The zero-order valence-electron chi connectivity index (χ0n) is 12.2. The van der Waals surface area contributed by atoms with Gasteiger partial charge in [0.05, 0.1) is 12.3 Å². The number of nitrogens with zero attached hydrogens (tertiary/aromatic N) is 1. The molecule has 0 heterocycles. The predicted molar refractivity (Wildman–Crippen MR) is 81.2 cm³/mol. The Kier molecular flexibility index (Phi) is 5.43. The Morgan fingerprint density at radius 3 is 2.15 bits per heavy atom. The molecule has 2 rings (SSSR count). The minimum Gasteiger partial charge on any atom is -0.387 e. The summed E-state index contributed by atoms with van der Waals surface area (Å²) in [6.07, 6.45) is 9.57. The van der Waals surface area contributed by atoms with Crippen LogP contribution in [0.2, 0.25) is 0 Å². The second kappa shape index (κ2) is 6.89. The third-order valence-corrected chi connectivity index (χ3v) is 6.62. The van der Waals surface area contributed by atoms with Crippen molar-refractivity contribution in [1.82, 2.24) is 4.31 Å². The third kappa shape index (κ3) is 4.19. The summed E-state index contributed by atoms with van der Waals surface area (Å²) in [6, 6.07) is 0.0625. The molecule has 0 aliphatic heterocycles. The van der Waals surface area contributed by atoms with Gasteiger partial charge in [-0.15, -0.1) is 0 Å². The molecule has 116 valence electrons. The van der Waals surface area contributed by atoms with Gasteiger partial charge in [0.2, 0.25) is 10.0 Å². The van der Waals surface area contributed by atoms with Gasteiger partial charge in [-0.2, -0.15) is 4.31 Å². The largest absolute Gasteiger partial charge is 0.387 e. The Hall–Kier alpha value is -0.620. The van der Waals surface area contributed by atoms with Crippen LogP contribution in [0.15, 0.2) is 0 Å². The molecule has 0 aromatic heterocycles. The van der Waals surface area contributed by atoms with E-state index in [1.165, 1.54) is 10.7 Å². The lowest BCUT2D eigenvalue weighted by atomic mass is 9.91. The Morgan fingerprint density at radius 2 is 1.60 bits per heavy atom. The van der Waals surface area contributed by atoms with E-state index < -0.39 is 10.0 Å². The summed E-state index contributed by atoms with van der Waals surface area (Å²) in [7, 11) is -3.29. The van der Waals surface area contributed by atoms with Crippen molar-refractivity contribution in [2.75, 3.05) is 12.3 Å². The van der Waals surface area contributed by atoms with Crippen LogP contribution in [-0.4, -0.2) is 36.9 Å². The van der Waals surface area contributed by atoms with Crippen LogP contribution in [0.5, 0.6) is 0 Å². The van der Waals surface area contributed by atoms with Gasteiger partial charge in [-0.1, -0.05) is 32.1 Å². The van der Waals surface area contributed by atoms with Crippen LogP contribution in [0.4, 0.5) is 0 Å². The first-order chi connectivity index (χ1) is 9.49. The van der Waals surface area contributed by atoms with Gasteiger partial charge in [0.1, 0.15) is 5.84 Å². The van der Waals surface area contributed by atoms with Crippen LogP contribution in [0.25, 0.3) is 0 Å². The fourth-order valence-corrected chi connectivity index (χ4v) is 5.68. The first-order valence-corrected chi connectivity index (χ1v) is 9.42. The van der Waals surface area contributed by atoms with E-state index in [0.717, 1.165) is 51.4 Å². The Morgan fingerprint density at radius 1 is 1.05 bits per heavy atom. The van der Waals surface area contributed by atoms with E-state index in [1.807, 2.05) is 0 Å². The molecule has 0 unspecified atom stereocenters. The second-order valence-electron chi connectivity index (χ2n) is 6.29. The number of nitrogens with two attached hydrogens (primary N) is 1. The standard InChI is InChI=1S/C14H27N3O2S/c15-14(16)10-17(13-8-4-5-9-13)20(18,19)11-12-6-2-1-3-7-12/h12-13H,1-11H2,(H3,15,16). The average molecular weight is 301 g/mol. The van der Waals surface area contributed by atoms with E-state index in [0.29, 0.717) is 5.92 Å². The lowest BCUT2D eigenvalue weighted by Crippen LogP contribution is -2.46. The van der Waals surface area contributed by atoms with Crippen LogP contribution in [-0.2, 0) is 10.0 Å². The molecule has 0 aromatic rings. The van der Waals surface area contributed by atoms with Crippen molar-refractivity contribution in [3.8, 4) is 0 Å². The lowest BCUT2D eigenvalue weighted by molar-refractivity contribution is 0.337. The van der Waals surface area contributed by atoms with Gasteiger partial charge < -0.3 is 5.73 Å². The quantitative estimate of drug-likeness (QED) is 0.581. The van der Waals surface area contributed by atoms with Crippen molar-refractivity contribution in [3.05, 3.63) is 0 Å². The molecular formula is C14H27N3O2S. The molecule has 0 bridgehead atoms. The van der Waals surface area contributed by atoms with E-state index in [2.05, 4.69) is 0 Å². The van der Waals surface area contributed by atoms with Gasteiger partial charge in [-0.05, 0) is 31.6 Å². The monoisotopic (exact) mass is 301 g/mol. The highest BCUT2D eigenvalue weighted by molar-refractivity contribution is 7.89. The van der Waals surface area contributed by atoms with E-state index in [9.17, 15) is 8.42 Å². The first kappa shape index (κ1) is 15.8. The van der Waals surface area contributed by atoms with Crippen LogP contribution >= 0.6 is 0 Å². The summed E-state index contributed by atoms with van der Waals surface area (Å²) < 4.78 is 26.9. The smallest absolute Gasteiger partial charge is 0.215 e. The van der Waals surface area contributed by atoms with Crippen LogP contribution in [0, 0.1) is 11.3 Å². The number of hydrogen-bond acceptors (Lipinski definition) is 3. The third-order valence-electron chi connectivity index (χ3n) is 4.59. The van der Waals surface area contributed by atoms with Gasteiger partial charge in [0.15, 0.2) is 0 Å². The van der Waals surface area contributed by atoms with Crippen molar-refractivity contribution < 1.29 is 8.42 Å². The minimum atomic E-state index is -3.29. The number of nitrogens with one attached hydrogen (secondary N) is 1. The molecule has 0 radical (unpaired) electrons. The van der Waals surface area contributed by atoms with Crippen molar-refractivity contribution in [1.29, 1.82) is 5.41 Å². The van der Waals surface area contributed by atoms with Gasteiger partial charge in [-0.25, -0.2) is 8.42 Å². The van der Waals surface area contributed by atoms with Gasteiger partial charge in [-0.3, -0.25) is 5.41 Å². The molecule has 2 aliphatic rings. The van der Waals surface area contributed by atoms with Gasteiger partial charge in [0, 0.05) is 6.04 Å². The average Bonchev–Trinajstić information content (AvgIpc) is 2.89. The molecule has 5 nitrogen and oxygen atoms in total. The summed E-state index contributed by atoms with van der Waals surface area (Å²) in [5, 5.41) is 7.46. The summed E-state index contributed by atoms with van der Waals surface area (Å²) in [4.78, 5) is 0. The van der Waals surface area contributed by atoms with Gasteiger partial charge in [0.25, 0.3) is 0 Å². The second-order valence-corrected chi connectivity index (χ2v) is 8.26. The summed E-state index contributed by atoms with van der Waals surface area (Å²) >= 11 is 0. The molecule has 0 saturated heterocycles. The molecule has 2 saturated carbocycles. The lowest BCUT2D eigenvalue weighted by Gasteiger charge is -2.30. The minimum absolute atomic E-state index is 0.0517. The van der Waals surface area contributed by atoms with Crippen molar-refractivity contribution in [2.24, 2.45) is 11.7 Å². The Balaban J connectivity index is 2.06. The fraction of sp³-hybridized carbons (Fsp3) is 0.929. The number of amidine groups is 1. The summed E-state index contributed by atoms with van der Waals surface area (Å²) in [6.45, 7) is 0.0692. The maximum Gasteiger partial charge on any atom is 0.215 e. The maximum atomic E-state index is 12.7. The zero-order chi connectivity index (χ0) is 14.6. The molecule has 0 spiro atoms. The Labute approximate surface area is 122 Å².